The highest BCUT2D eigenvalue weighted by Crippen LogP contribution is 2.16. The summed E-state index contributed by atoms with van der Waals surface area (Å²) >= 11 is 0. The van der Waals surface area contributed by atoms with Gasteiger partial charge in [0.1, 0.15) is 16.6 Å². The minimum absolute atomic E-state index is 0.00451. The van der Waals surface area contributed by atoms with E-state index in [0.29, 0.717) is 10.6 Å². The van der Waals surface area contributed by atoms with Gasteiger partial charge in [-0.1, -0.05) is 6.58 Å². The van der Waals surface area contributed by atoms with Crippen LogP contribution in [0.4, 0.5) is 5.88 Å². The van der Waals surface area contributed by atoms with Crippen LogP contribution in [0.25, 0.3) is 23.7 Å². The lowest BCUT2D eigenvalue weighted by Gasteiger charge is -2.06. The fraction of sp³-hybridized carbons (Fsp3) is 0.176. The van der Waals surface area contributed by atoms with Gasteiger partial charge in [0.2, 0.25) is 5.88 Å². The summed E-state index contributed by atoms with van der Waals surface area (Å²) < 4.78 is 10.7. The second-order valence-electron chi connectivity index (χ2n) is 5.43. The molecule has 0 saturated heterocycles. The summed E-state index contributed by atoms with van der Waals surface area (Å²) in [7, 11) is 0. The highest BCUT2D eigenvalue weighted by atomic mass is 16.5. The molecule has 3 aromatic rings. The Morgan fingerprint density at radius 2 is 2.30 bits per heavy atom. The number of hydrogen-bond acceptors (Lipinski definition) is 5. The fourth-order valence-electron chi connectivity index (χ4n) is 2.35. The normalized spacial score (nSPS) is 12.2. The summed E-state index contributed by atoms with van der Waals surface area (Å²) in [5, 5.41) is 1.35. The molecule has 0 amide bonds. The third-order valence-electron chi connectivity index (χ3n) is 3.38. The lowest BCUT2D eigenvalue weighted by molar-refractivity contribution is 0.0377. The summed E-state index contributed by atoms with van der Waals surface area (Å²) in [6.45, 7) is 7.43. The van der Waals surface area contributed by atoms with Gasteiger partial charge in [-0.25, -0.2) is 9.78 Å². The average molecular weight is 311 g/mol. The summed E-state index contributed by atoms with van der Waals surface area (Å²) in [5.41, 5.74) is 8.04. The molecule has 23 heavy (non-hydrogen) atoms. The van der Waals surface area contributed by atoms with Crippen LogP contribution < -0.4 is 16.4 Å². The number of nitrogens with one attached hydrogen (secondary N) is 1. The van der Waals surface area contributed by atoms with Crippen LogP contribution in [0.2, 0.25) is 0 Å². The van der Waals surface area contributed by atoms with Gasteiger partial charge in [-0.05, 0) is 32.1 Å². The molecule has 0 radical (unpaired) electrons. The van der Waals surface area contributed by atoms with Crippen LogP contribution in [-0.2, 0) is 4.74 Å². The Balaban J connectivity index is 2.11. The Bertz CT molecular complexity index is 982. The van der Waals surface area contributed by atoms with Crippen molar-refractivity contribution < 1.29 is 13.9 Å². The number of nitrogens with two attached hydrogens (primary N) is 1. The smallest absolute Gasteiger partial charge is 0.344 e. The number of fused-ring (bicyclic) bond motifs is 1. The summed E-state index contributed by atoms with van der Waals surface area (Å²) in [5.74, 6) is -0.531. The van der Waals surface area contributed by atoms with Crippen molar-refractivity contribution in [1.82, 2.24) is 9.97 Å². The predicted molar refractivity (Wildman–Crippen MR) is 88.1 cm³/mol. The maximum atomic E-state index is 12.1. The van der Waals surface area contributed by atoms with Gasteiger partial charge < -0.3 is 19.9 Å². The van der Waals surface area contributed by atoms with Gasteiger partial charge in [-0.2, -0.15) is 0 Å². The number of furan rings is 1. The molecule has 6 nitrogen and oxygen atoms in total. The van der Waals surface area contributed by atoms with Gasteiger partial charge in [0.25, 0.3) is 0 Å². The molecule has 0 atom stereocenters. The van der Waals surface area contributed by atoms with E-state index in [2.05, 4.69) is 16.5 Å². The van der Waals surface area contributed by atoms with Crippen molar-refractivity contribution in [3.63, 3.8) is 0 Å². The van der Waals surface area contributed by atoms with E-state index < -0.39 is 5.97 Å². The molecule has 0 bridgehead atoms. The van der Waals surface area contributed by atoms with E-state index in [4.69, 9.17) is 14.9 Å². The molecule has 3 aromatic heterocycles. The van der Waals surface area contributed by atoms with E-state index >= 15 is 0 Å². The van der Waals surface area contributed by atoms with Crippen LogP contribution >= 0.6 is 0 Å². The van der Waals surface area contributed by atoms with E-state index in [0.717, 1.165) is 16.6 Å². The number of H-pyrrole nitrogens is 1. The Morgan fingerprint density at radius 1 is 1.52 bits per heavy atom. The van der Waals surface area contributed by atoms with E-state index in [1.807, 2.05) is 18.3 Å². The molecule has 0 saturated carbocycles. The number of nitrogen functional groups attached to an aromatic ring is 1. The lowest BCUT2D eigenvalue weighted by atomic mass is 10.2. The molecule has 3 heterocycles. The van der Waals surface area contributed by atoms with Crippen molar-refractivity contribution >= 4 is 35.5 Å². The van der Waals surface area contributed by atoms with Crippen LogP contribution in [-0.4, -0.2) is 22.0 Å². The van der Waals surface area contributed by atoms with Crippen molar-refractivity contribution in [3.8, 4) is 0 Å². The van der Waals surface area contributed by atoms with Gasteiger partial charge in [0.15, 0.2) is 0 Å². The number of hydrogen-bond donors (Lipinski definition) is 2. The third kappa shape index (κ3) is 2.70. The molecule has 3 rings (SSSR count). The quantitative estimate of drug-likeness (QED) is 0.716. The first kappa shape index (κ1) is 14.9. The Labute approximate surface area is 132 Å². The summed E-state index contributed by atoms with van der Waals surface area (Å²) in [6, 6.07) is 3.79. The molecule has 0 spiro atoms. The third-order valence-corrected chi connectivity index (χ3v) is 3.38. The zero-order chi connectivity index (χ0) is 16.6. The molecular weight excluding hydrogens is 294 g/mol. The largest absolute Gasteiger partial charge is 0.459 e. The highest BCUT2D eigenvalue weighted by Gasteiger charge is 2.18. The summed E-state index contributed by atoms with van der Waals surface area (Å²) in [6.07, 6.45) is 5.04. The summed E-state index contributed by atoms with van der Waals surface area (Å²) in [4.78, 5) is 19.4. The maximum Gasteiger partial charge on any atom is 0.344 e. The fourth-order valence-corrected chi connectivity index (χ4v) is 2.35. The van der Waals surface area contributed by atoms with Crippen molar-refractivity contribution in [2.45, 2.75) is 20.0 Å². The lowest BCUT2D eigenvalue weighted by Crippen LogP contribution is -2.26. The molecule has 0 aliphatic rings. The zero-order valence-electron chi connectivity index (χ0n) is 12.9. The standard InChI is InChI=1S/C17H17N3O3/c1-9(2)22-17(21)14-10(3)13(23-15(14)18)7-11-8-20-16-12(11)5-4-6-19-16/h4-9H,3,18H2,1-2H3,(H,19,20)/b13-7-. The van der Waals surface area contributed by atoms with Crippen LogP contribution in [0, 0.1) is 0 Å². The molecular formula is C17H17N3O3. The van der Waals surface area contributed by atoms with Crippen LogP contribution in [0.3, 0.4) is 0 Å². The van der Waals surface area contributed by atoms with Gasteiger partial charge in [-0.3, -0.25) is 0 Å². The van der Waals surface area contributed by atoms with Crippen molar-refractivity contribution in [3.05, 3.63) is 46.3 Å². The number of anilines is 1. The molecule has 0 aromatic carbocycles. The number of ether oxygens (including phenoxy) is 1. The zero-order valence-corrected chi connectivity index (χ0v) is 12.9. The molecule has 0 unspecified atom stereocenters. The highest BCUT2D eigenvalue weighted by molar-refractivity contribution is 5.94. The Morgan fingerprint density at radius 3 is 3.04 bits per heavy atom. The number of esters is 1. The topological polar surface area (TPSA) is 94.1 Å². The Hall–Kier alpha value is -3.02. The molecule has 0 aliphatic heterocycles. The maximum absolute atomic E-state index is 12.1. The minimum Gasteiger partial charge on any atom is -0.459 e. The van der Waals surface area contributed by atoms with Gasteiger partial charge in [0.05, 0.1) is 6.10 Å². The number of rotatable bonds is 3. The number of carbonyl (C=O) groups excluding carboxylic acids is 1. The molecule has 118 valence electrons. The van der Waals surface area contributed by atoms with E-state index in [1.165, 1.54) is 0 Å². The number of nitrogens with zero attached hydrogens (tertiary/aromatic N) is 1. The second-order valence-corrected chi connectivity index (χ2v) is 5.43. The Kier molecular flexibility index (Phi) is 3.65. The van der Waals surface area contributed by atoms with Crippen molar-refractivity contribution in [2.75, 3.05) is 5.73 Å². The number of aromatic amines is 1. The predicted octanol–water partition coefficient (Wildman–Crippen LogP) is 1.54. The first-order valence-corrected chi connectivity index (χ1v) is 7.19. The molecule has 0 aliphatic carbocycles. The number of aromatic nitrogens is 2. The van der Waals surface area contributed by atoms with Crippen molar-refractivity contribution in [2.24, 2.45) is 0 Å². The molecule has 6 heteroatoms. The second kappa shape index (κ2) is 5.64. The van der Waals surface area contributed by atoms with Crippen LogP contribution in [0.1, 0.15) is 29.8 Å². The first-order valence-electron chi connectivity index (χ1n) is 7.19. The minimum atomic E-state index is -0.536. The van der Waals surface area contributed by atoms with E-state index in [1.54, 1.807) is 26.1 Å². The molecule has 0 fully saturated rings. The van der Waals surface area contributed by atoms with Crippen molar-refractivity contribution in [1.29, 1.82) is 0 Å². The molecule has 3 N–H and O–H groups in total. The van der Waals surface area contributed by atoms with E-state index in [9.17, 15) is 4.79 Å². The average Bonchev–Trinajstić information content (AvgIpc) is 3.01. The monoisotopic (exact) mass is 311 g/mol. The van der Waals surface area contributed by atoms with Crippen LogP contribution in [0.5, 0.6) is 0 Å². The van der Waals surface area contributed by atoms with Gasteiger partial charge in [0, 0.05) is 28.6 Å². The van der Waals surface area contributed by atoms with Crippen LogP contribution in [0.15, 0.2) is 28.9 Å². The first-order chi connectivity index (χ1) is 11.0. The number of carbonyl (C=O) groups is 1. The SMILES string of the molecule is C=c1c(C(=O)OC(C)C)c(N)o/c1=C\c1c[nH]c2ncccc12. The van der Waals surface area contributed by atoms with E-state index in [-0.39, 0.29) is 17.6 Å². The van der Waals surface area contributed by atoms with Gasteiger partial charge in [-0.15, -0.1) is 0 Å². The number of pyridine rings is 1. The van der Waals surface area contributed by atoms with Gasteiger partial charge >= 0.3 is 5.97 Å².